The highest BCUT2D eigenvalue weighted by molar-refractivity contribution is 6.98. The normalized spacial score (nSPS) is 13.1. The molecule has 0 radical (unpaired) electrons. The summed E-state index contributed by atoms with van der Waals surface area (Å²) in [4.78, 5) is 0. The van der Waals surface area contributed by atoms with E-state index in [4.69, 9.17) is 4.43 Å². The SMILES string of the molecule is Cc1cc(C)c([Si](CCC(C)(C)C)(OC(C)(C)C)c2c(C)cc(C)cc2C)c(C)c1. The fourth-order valence-electron chi connectivity index (χ4n) is 5.24. The van der Waals surface area contributed by atoms with Crippen molar-refractivity contribution in [3.8, 4) is 0 Å². The molecule has 2 rings (SSSR count). The standard InChI is InChI=1S/C28H44OSi/c1-19-15-21(3)25(22(4)16-19)30(29-28(10,11)12,14-13-27(7,8)9)26-23(5)17-20(2)18-24(26)6/h15-18H,13-14H2,1-12H3. The van der Waals surface area contributed by atoms with Gasteiger partial charge in [-0.2, -0.15) is 0 Å². The lowest BCUT2D eigenvalue weighted by molar-refractivity contribution is 0.124. The summed E-state index contributed by atoms with van der Waals surface area (Å²) in [6.07, 6.45) is 1.15. The Balaban J connectivity index is 2.97. The van der Waals surface area contributed by atoms with Gasteiger partial charge in [0.1, 0.15) is 0 Å². The molecular formula is C28H44OSi. The van der Waals surface area contributed by atoms with Gasteiger partial charge in [0.15, 0.2) is 0 Å². The number of aryl methyl sites for hydroxylation is 6. The van der Waals surface area contributed by atoms with E-state index in [9.17, 15) is 0 Å². The molecule has 0 aliphatic carbocycles. The van der Waals surface area contributed by atoms with Gasteiger partial charge in [0.05, 0.1) is 0 Å². The van der Waals surface area contributed by atoms with Gasteiger partial charge in [0.2, 0.25) is 0 Å². The molecule has 0 bridgehead atoms. The highest BCUT2D eigenvalue weighted by Gasteiger charge is 2.46. The lowest BCUT2D eigenvalue weighted by Crippen LogP contribution is -2.66. The predicted molar refractivity (Wildman–Crippen MR) is 136 cm³/mol. The molecule has 166 valence electrons. The first-order valence-electron chi connectivity index (χ1n) is 11.4. The molecule has 0 aromatic heterocycles. The Hall–Kier alpha value is -1.38. The molecule has 0 saturated heterocycles. The summed E-state index contributed by atoms with van der Waals surface area (Å²) in [5.41, 5.74) is 8.26. The molecule has 0 unspecified atom stereocenters. The van der Waals surface area contributed by atoms with Gasteiger partial charge in [0.25, 0.3) is 8.32 Å². The molecule has 2 aromatic rings. The summed E-state index contributed by atoms with van der Waals surface area (Å²) in [7, 11) is -2.52. The van der Waals surface area contributed by atoms with E-state index in [1.165, 1.54) is 43.8 Å². The molecule has 0 saturated carbocycles. The zero-order valence-corrected chi connectivity index (χ0v) is 22.6. The molecule has 30 heavy (non-hydrogen) atoms. The van der Waals surface area contributed by atoms with E-state index in [-0.39, 0.29) is 11.0 Å². The Morgan fingerprint density at radius 2 is 0.967 bits per heavy atom. The van der Waals surface area contributed by atoms with E-state index in [0.717, 1.165) is 12.5 Å². The highest BCUT2D eigenvalue weighted by atomic mass is 28.4. The summed E-state index contributed by atoms with van der Waals surface area (Å²) >= 11 is 0. The largest absolute Gasteiger partial charge is 0.403 e. The van der Waals surface area contributed by atoms with Crippen molar-refractivity contribution in [3.05, 3.63) is 57.6 Å². The molecule has 0 atom stereocenters. The van der Waals surface area contributed by atoms with Crippen molar-refractivity contribution in [2.75, 3.05) is 0 Å². The Morgan fingerprint density at radius 3 is 1.23 bits per heavy atom. The van der Waals surface area contributed by atoms with Crippen LogP contribution < -0.4 is 10.4 Å². The lowest BCUT2D eigenvalue weighted by atomic mass is 9.94. The lowest BCUT2D eigenvalue weighted by Gasteiger charge is -2.43. The van der Waals surface area contributed by atoms with Crippen LogP contribution in [0.1, 0.15) is 81.3 Å². The van der Waals surface area contributed by atoms with E-state index in [1.807, 2.05) is 0 Å². The molecule has 2 heteroatoms. The zero-order chi connectivity index (χ0) is 23.1. The second-order valence-electron chi connectivity index (χ2n) is 11.6. The summed E-state index contributed by atoms with van der Waals surface area (Å²) < 4.78 is 7.33. The van der Waals surface area contributed by atoms with Gasteiger partial charge in [0, 0.05) is 5.60 Å². The molecular weight excluding hydrogens is 380 g/mol. The van der Waals surface area contributed by atoms with Crippen LogP contribution in [0.3, 0.4) is 0 Å². The van der Waals surface area contributed by atoms with Gasteiger partial charge in [-0.15, -0.1) is 0 Å². The van der Waals surface area contributed by atoms with Gasteiger partial charge >= 0.3 is 0 Å². The maximum Gasteiger partial charge on any atom is 0.257 e. The van der Waals surface area contributed by atoms with Crippen LogP contribution in [0.5, 0.6) is 0 Å². The predicted octanol–water partition coefficient (Wildman–Crippen LogP) is 6.85. The number of hydrogen-bond acceptors (Lipinski definition) is 1. The Morgan fingerprint density at radius 1 is 0.633 bits per heavy atom. The number of hydrogen-bond donors (Lipinski definition) is 0. The van der Waals surface area contributed by atoms with E-state index in [1.54, 1.807) is 0 Å². The van der Waals surface area contributed by atoms with Crippen LogP contribution in [0.15, 0.2) is 24.3 Å². The quantitative estimate of drug-likeness (QED) is 0.477. The molecule has 0 aliphatic heterocycles. The summed E-state index contributed by atoms with van der Waals surface area (Å²) in [6.45, 7) is 27.3. The zero-order valence-electron chi connectivity index (χ0n) is 21.6. The van der Waals surface area contributed by atoms with Crippen LogP contribution in [0.25, 0.3) is 0 Å². The van der Waals surface area contributed by atoms with Crippen LogP contribution in [0.4, 0.5) is 0 Å². The second kappa shape index (κ2) is 8.63. The van der Waals surface area contributed by atoms with Gasteiger partial charge < -0.3 is 4.43 Å². The molecule has 0 aliphatic rings. The first-order chi connectivity index (χ1) is 13.6. The van der Waals surface area contributed by atoms with Gasteiger partial charge in [-0.3, -0.25) is 0 Å². The van der Waals surface area contributed by atoms with E-state index in [0.29, 0.717) is 0 Å². The second-order valence-corrected chi connectivity index (χ2v) is 15.0. The fraction of sp³-hybridized carbons (Fsp3) is 0.571. The molecule has 0 N–H and O–H groups in total. The van der Waals surface area contributed by atoms with Gasteiger partial charge in [-0.25, -0.2) is 0 Å². The van der Waals surface area contributed by atoms with E-state index < -0.39 is 8.32 Å². The van der Waals surface area contributed by atoms with Crippen molar-refractivity contribution in [3.63, 3.8) is 0 Å². The molecule has 1 nitrogen and oxygen atoms in total. The van der Waals surface area contributed by atoms with E-state index >= 15 is 0 Å². The van der Waals surface area contributed by atoms with Crippen LogP contribution in [0, 0.1) is 47.0 Å². The average molecular weight is 425 g/mol. The molecule has 2 aromatic carbocycles. The van der Waals surface area contributed by atoms with Gasteiger partial charge in [-0.05, 0) is 113 Å². The Bertz CT molecular complexity index is 806. The summed E-state index contributed by atoms with van der Waals surface area (Å²) in [5, 5.41) is 2.98. The van der Waals surface area contributed by atoms with Crippen LogP contribution >= 0.6 is 0 Å². The van der Waals surface area contributed by atoms with Crippen molar-refractivity contribution in [2.24, 2.45) is 5.41 Å². The monoisotopic (exact) mass is 424 g/mol. The van der Waals surface area contributed by atoms with Gasteiger partial charge in [-0.1, -0.05) is 56.2 Å². The maximum absolute atomic E-state index is 7.33. The first kappa shape index (κ1) is 24.9. The minimum atomic E-state index is -2.52. The van der Waals surface area contributed by atoms with E-state index in [2.05, 4.69) is 107 Å². The van der Waals surface area contributed by atoms with Crippen LogP contribution in [-0.2, 0) is 4.43 Å². The smallest absolute Gasteiger partial charge is 0.257 e. The third kappa shape index (κ3) is 5.65. The molecule has 0 amide bonds. The first-order valence-corrected chi connectivity index (χ1v) is 13.5. The number of benzene rings is 2. The van der Waals surface area contributed by atoms with Crippen molar-refractivity contribution >= 4 is 18.7 Å². The number of rotatable bonds is 5. The van der Waals surface area contributed by atoms with Crippen molar-refractivity contribution in [2.45, 2.75) is 101 Å². The van der Waals surface area contributed by atoms with Crippen molar-refractivity contribution < 1.29 is 4.43 Å². The Kier molecular flexibility index (Phi) is 7.16. The third-order valence-corrected chi connectivity index (χ3v) is 11.0. The minimum absolute atomic E-state index is 0.211. The van der Waals surface area contributed by atoms with Crippen molar-refractivity contribution in [1.29, 1.82) is 0 Å². The third-order valence-electron chi connectivity index (χ3n) is 5.87. The highest BCUT2D eigenvalue weighted by Crippen LogP contribution is 2.32. The van der Waals surface area contributed by atoms with Crippen molar-refractivity contribution in [1.82, 2.24) is 0 Å². The van der Waals surface area contributed by atoms with Crippen LogP contribution in [-0.4, -0.2) is 13.9 Å². The average Bonchev–Trinajstić information content (AvgIpc) is 2.48. The molecule has 0 heterocycles. The van der Waals surface area contributed by atoms with Crippen LogP contribution in [0.2, 0.25) is 6.04 Å². The maximum atomic E-state index is 7.33. The summed E-state index contributed by atoms with van der Waals surface area (Å²) in [5.74, 6) is 0. The topological polar surface area (TPSA) is 9.23 Å². The summed E-state index contributed by atoms with van der Waals surface area (Å²) in [6, 6.07) is 10.5. The molecule has 0 fully saturated rings. The molecule has 0 spiro atoms. The fourth-order valence-corrected chi connectivity index (χ4v) is 11.3. The Labute approximate surface area is 187 Å². The minimum Gasteiger partial charge on any atom is -0.403 e.